The molecule has 1 aromatic rings. The Morgan fingerprint density at radius 1 is 1.24 bits per heavy atom. The second-order valence-corrected chi connectivity index (χ2v) is 6.70. The molecule has 0 aromatic carbocycles. The van der Waals surface area contributed by atoms with Gasteiger partial charge in [0.1, 0.15) is 0 Å². The maximum atomic E-state index is 6.37. The molecular formula is C15H25NS. The quantitative estimate of drug-likeness (QED) is 0.857. The normalized spacial score (nSPS) is 27.3. The smallest absolute Gasteiger partial charge is 0.0108 e. The molecular weight excluding hydrogens is 226 g/mol. The number of nitrogens with two attached hydrogens (primary N) is 1. The van der Waals surface area contributed by atoms with E-state index < -0.39 is 0 Å². The minimum absolute atomic E-state index is 0.373. The van der Waals surface area contributed by atoms with E-state index in [4.69, 9.17) is 5.73 Å². The molecule has 1 aliphatic carbocycles. The van der Waals surface area contributed by atoms with Crippen molar-refractivity contribution in [3.05, 3.63) is 22.4 Å². The van der Waals surface area contributed by atoms with Gasteiger partial charge in [0.25, 0.3) is 0 Å². The maximum absolute atomic E-state index is 6.37. The lowest BCUT2D eigenvalue weighted by atomic mass is 9.74. The number of hydrogen-bond donors (Lipinski definition) is 1. The van der Waals surface area contributed by atoms with Crippen LogP contribution in [0.3, 0.4) is 0 Å². The van der Waals surface area contributed by atoms with Crippen LogP contribution in [-0.4, -0.2) is 6.04 Å². The summed E-state index contributed by atoms with van der Waals surface area (Å²) in [5.74, 6) is 2.55. The Kier molecular flexibility index (Phi) is 4.63. The SMILES string of the molecule is CC(C)C1CCC(C(N)Cc2ccsc2)CC1. The fourth-order valence-electron chi connectivity index (χ4n) is 3.09. The molecule has 17 heavy (non-hydrogen) atoms. The molecule has 0 radical (unpaired) electrons. The molecule has 2 N–H and O–H groups in total. The zero-order valence-corrected chi connectivity index (χ0v) is 11.9. The van der Waals surface area contributed by atoms with E-state index in [1.165, 1.54) is 31.2 Å². The highest BCUT2D eigenvalue weighted by Crippen LogP contribution is 2.35. The molecule has 1 nitrogen and oxygen atoms in total. The Balaban J connectivity index is 1.80. The molecule has 1 aromatic heterocycles. The molecule has 96 valence electrons. The Morgan fingerprint density at radius 3 is 2.41 bits per heavy atom. The largest absolute Gasteiger partial charge is 0.327 e. The van der Waals surface area contributed by atoms with Gasteiger partial charge < -0.3 is 5.73 Å². The average Bonchev–Trinajstić information content (AvgIpc) is 2.82. The highest BCUT2D eigenvalue weighted by molar-refractivity contribution is 7.07. The summed E-state index contributed by atoms with van der Waals surface area (Å²) in [6, 6.07) is 2.59. The van der Waals surface area contributed by atoms with Gasteiger partial charge in [-0.3, -0.25) is 0 Å². The molecule has 0 saturated heterocycles. The maximum Gasteiger partial charge on any atom is 0.0108 e. The third-order valence-electron chi connectivity index (χ3n) is 4.42. The number of rotatable bonds is 4. The molecule has 0 amide bonds. The topological polar surface area (TPSA) is 26.0 Å². The third kappa shape index (κ3) is 3.56. The van der Waals surface area contributed by atoms with Gasteiger partial charge in [0.15, 0.2) is 0 Å². The summed E-state index contributed by atoms with van der Waals surface area (Å²) in [5.41, 5.74) is 7.79. The van der Waals surface area contributed by atoms with Gasteiger partial charge >= 0.3 is 0 Å². The van der Waals surface area contributed by atoms with Crippen LogP contribution in [0.15, 0.2) is 16.8 Å². The van der Waals surface area contributed by atoms with Crippen molar-refractivity contribution >= 4 is 11.3 Å². The summed E-state index contributed by atoms with van der Waals surface area (Å²) in [4.78, 5) is 0. The van der Waals surface area contributed by atoms with Crippen LogP contribution in [0.1, 0.15) is 45.1 Å². The van der Waals surface area contributed by atoms with Crippen molar-refractivity contribution in [3.8, 4) is 0 Å². The third-order valence-corrected chi connectivity index (χ3v) is 5.15. The van der Waals surface area contributed by atoms with Gasteiger partial charge in [-0.2, -0.15) is 11.3 Å². The van der Waals surface area contributed by atoms with Gasteiger partial charge in [0.2, 0.25) is 0 Å². The standard InChI is InChI=1S/C15H25NS/c1-11(2)13-3-5-14(6-4-13)15(16)9-12-7-8-17-10-12/h7-8,10-11,13-15H,3-6,9,16H2,1-2H3. The van der Waals surface area contributed by atoms with Crippen molar-refractivity contribution in [2.45, 2.75) is 52.0 Å². The monoisotopic (exact) mass is 251 g/mol. The average molecular weight is 251 g/mol. The minimum atomic E-state index is 0.373. The van der Waals surface area contributed by atoms with Crippen molar-refractivity contribution in [2.75, 3.05) is 0 Å². The van der Waals surface area contributed by atoms with Crippen molar-refractivity contribution in [2.24, 2.45) is 23.5 Å². The van der Waals surface area contributed by atoms with Crippen LogP contribution in [0.4, 0.5) is 0 Å². The van der Waals surface area contributed by atoms with E-state index in [2.05, 4.69) is 30.7 Å². The first kappa shape index (κ1) is 13.1. The predicted molar refractivity (Wildman–Crippen MR) is 76.3 cm³/mol. The van der Waals surface area contributed by atoms with Crippen molar-refractivity contribution in [3.63, 3.8) is 0 Å². The van der Waals surface area contributed by atoms with E-state index in [1.807, 2.05) is 0 Å². The Morgan fingerprint density at radius 2 is 1.88 bits per heavy atom. The highest BCUT2D eigenvalue weighted by atomic mass is 32.1. The number of thiophene rings is 1. The number of hydrogen-bond acceptors (Lipinski definition) is 2. The lowest BCUT2D eigenvalue weighted by molar-refractivity contribution is 0.202. The van der Waals surface area contributed by atoms with Gasteiger partial charge in [-0.05, 0) is 72.2 Å². The summed E-state index contributed by atoms with van der Waals surface area (Å²) in [6.45, 7) is 4.71. The second kappa shape index (κ2) is 6.01. The van der Waals surface area contributed by atoms with Crippen LogP contribution < -0.4 is 5.73 Å². The molecule has 1 aliphatic rings. The van der Waals surface area contributed by atoms with Crippen LogP contribution in [0, 0.1) is 17.8 Å². The summed E-state index contributed by atoms with van der Waals surface area (Å²) in [6.07, 6.45) is 6.53. The molecule has 1 fully saturated rings. The highest BCUT2D eigenvalue weighted by Gasteiger charge is 2.26. The van der Waals surface area contributed by atoms with Crippen LogP contribution in [0.5, 0.6) is 0 Å². The zero-order valence-electron chi connectivity index (χ0n) is 11.1. The van der Waals surface area contributed by atoms with Gasteiger partial charge in [0, 0.05) is 6.04 Å². The van der Waals surface area contributed by atoms with E-state index in [-0.39, 0.29) is 0 Å². The van der Waals surface area contributed by atoms with E-state index in [0.717, 1.165) is 24.2 Å². The molecule has 0 bridgehead atoms. The molecule has 1 unspecified atom stereocenters. The van der Waals surface area contributed by atoms with Crippen molar-refractivity contribution in [1.82, 2.24) is 0 Å². The lowest BCUT2D eigenvalue weighted by Crippen LogP contribution is -2.35. The van der Waals surface area contributed by atoms with E-state index in [1.54, 1.807) is 11.3 Å². The Hall–Kier alpha value is -0.340. The van der Waals surface area contributed by atoms with Gasteiger partial charge in [-0.15, -0.1) is 0 Å². The molecule has 1 saturated carbocycles. The van der Waals surface area contributed by atoms with Crippen molar-refractivity contribution < 1.29 is 0 Å². The van der Waals surface area contributed by atoms with Crippen LogP contribution in [-0.2, 0) is 6.42 Å². The minimum Gasteiger partial charge on any atom is -0.327 e. The Bertz CT molecular complexity index is 310. The molecule has 0 spiro atoms. The molecule has 2 heteroatoms. The van der Waals surface area contributed by atoms with Gasteiger partial charge in [0.05, 0.1) is 0 Å². The van der Waals surface area contributed by atoms with E-state index in [9.17, 15) is 0 Å². The first-order valence-corrected chi connectivity index (χ1v) is 7.87. The van der Waals surface area contributed by atoms with Gasteiger partial charge in [-0.25, -0.2) is 0 Å². The molecule has 2 rings (SSSR count). The molecule has 1 heterocycles. The lowest BCUT2D eigenvalue weighted by Gasteiger charge is -2.33. The first-order chi connectivity index (χ1) is 8.16. The molecule has 0 aliphatic heterocycles. The van der Waals surface area contributed by atoms with Gasteiger partial charge in [-0.1, -0.05) is 13.8 Å². The van der Waals surface area contributed by atoms with Crippen LogP contribution in [0.2, 0.25) is 0 Å². The Labute approximate surface area is 109 Å². The first-order valence-electron chi connectivity index (χ1n) is 6.93. The van der Waals surface area contributed by atoms with Crippen molar-refractivity contribution in [1.29, 1.82) is 0 Å². The fraction of sp³-hybridized carbons (Fsp3) is 0.733. The summed E-state index contributed by atoms with van der Waals surface area (Å²) in [7, 11) is 0. The summed E-state index contributed by atoms with van der Waals surface area (Å²) in [5, 5.41) is 4.39. The summed E-state index contributed by atoms with van der Waals surface area (Å²) >= 11 is 1.78. The second-order valence-electron chi connectivity index (χ2n) is 5.92. The molecule has 1 atom stereocenters. The van der Waals surface area contributed by atoms with E-state index in [0.29, 0.717) is 6.04 Å². The van der Waals surface area contributed by atoms with E-state index >= 15 is 0 Å². The summed E-state index contributed by atoms with van der Waals surface area (Å²) < 4.78 is 0. The fourth-order valence-corrected chi connectivity index (χ4v) is 3.77. The predicted octanol–water partition coefficient (Wildman–Crippen LogP) is 4.08. The van der Waals surface area contributed by atoms with Crippen LogP contribution in [0.25, 0.3) is 0 Å². The van der Waals surface area contributed by atoms with Crippen LogP contribution >= 0.6 is 11.3 Å². The zero-order chi connectivity index (χ0) is 12.3.